The van der Waals surface area contributed by atoms with E-state index in [2.05, 4.69) is 0 Å². The molecule has 0 amide bonds. The quantitative estimate of drug-likeness (QED) is 0.837. The molecule has 0 atom stereocenters. The fourth-order valence-electron chi connectivity index (χ4n) is 2.22. The summed E-state index contributed by atoms with van der Waals surface area (Å²) in [5.74, 6) is 0.437. The lowest BCUT2D eigenvalue weighted by Crippen LogP contribution is -2.35. The standard InChI is InChI=1S/C14H20ClNO3S/c1-2-10-19-14-11-12(6-7-13(14)15)20(17,18)16-8-4-3-5-9-16/h6-7,11H,2-5,8-10H2,1H3. The molecule has 0 spiro atoms. The van der Waals surface area contributed by atoms with Gasteiger partial charge in [0.25, 0.3) is 0 Å². The van der Waals surface area contributed by atoms with Crippen molar-refractivity contribution in [3.8, 4) is 5.75 Å². The summed E-state index contributed by atoms with van der Waals surface area (Å²) < 4.78 is 32.1. The Labute approximate surface area is 125 Å². The summed E-state index contributed by atoms with van der Waals surface area (Å²) in [5, 5.41) is 0.441. The first-order valence-electron chi connectivity index (χ1n) is 6.98. The van der Waals surface area contributed by atoms with Gasteiger partial charge in [-0.05, 0) is 31.4 Å². The summed E-state index contributed by atoms with van der Waals surface area (Å²) >= 11 is 6.03. The molecule has 0 bridgehead atoms. The number of ether oxygens (including phenoxy) is 1. The normalized spacial score (nSPS) is 17.1. The van der Waals surface area contributed by atoms with Crippen molar-refractivity contribution in [2.45, 2.75) is 37.5 Å². The molecule has 0 aromatic heterocycles. The van der Waals surface area contributed by atoms with Crippen LogP contribution in [0.3, 0.4) is 0 Å². The van der Waals surface area contributed by atoms with Gasteiger partial charge in [0.05, 0.1) is 16.5 Å². The highest BCUT2D eigenvalue weighted by molar-refractivity contribution is 7.89. The highest BCUT2D eigenvalue weighted by Crippen LogP contribution is 2.29. The Bertz CT molecular complexity index is 554. The molecular formula is C14H20ClNO3S. The average molecular weight is 318 g/mol. The van der Waals surface area contributed by atoms with Crippen molar-refractivity contribution in [1.29, 1.82) is 0 Å². The molecule has 1 aliphatic heterocycles. The van der Waals surface area contributed by atoms with Gasteiger partial charge in [0.1, 0.15) is 5.75 Å². The minimum absolute atomic E-state index is 0.259. The lowest BCUT2D eigenvalue weighted by molar-refractivity contribution is 0.316. The number of benzene rings is 1. The molecule has 112 valence electrons. The van der Waals surface area contributed by atoms with Gasteiger partial charge in [-0.1, -0.05) is 24.9 Å². The maximum Gasteiger partial charge on any atom is 0.243 e. The van der Waals surface area contributed by atoms with Crippen LogP contribution in [0.15, 0.2) is 23.1 Å². The first kappa shape index (κ1) is 15.6. The predicted molar refractivity (Wildman–Crippen MR) is 79.8 cm³/mol. The number of nitrogens with zero attached hydrogens (tertiary/aromatic N) is 1. The van der Waals surface area contributed by atoms with Crippen LogP contribution in [0.2, 0.25) is 5.02 Å². The van der Waals surface area contributed by atoms with E-state index in [1.54, 1.807) is 16.4 Å². The molecule has 1 aromatic carbocycles. The van der Waals surface area contributed by atoms with Crippen LogP contribution in [-0.2, 0) is 10.0 Å². The van der Waals surface area contributed by atoms with E-state index in [1.807, 2.05) is 6.92 Å². The fraction of sp³-hybridized carbons (Fsp3) is 0.571. The van der Waals surface area contributed by atoms with Gasteiger partial charge in [-0.3, -0.25) is 0 Å². The van der Waals surface area contributed by atoms with E-state index < -0.39 is 10.0 Å². The molecule has 0 saturated carbocycles. The van der Waals surface area contributed by atoms with Gasteiger partial charge in [0, 0.05) is 19.2 Å². The highest BCUT2D eigenvalue weighted by Gasteiger charge is 2.26. The van der Waals surface area contributed by atoms with Crippen molar-refractivity contribution < 1.29 is 13.2 Å². The Morgan fingerprint density at radius 1 is 1.25 bits per heavy atom. The van der Waals surface area contributed by atoms with Gasteiger partial charge in [-0.2, -0.15) is 4.31 Å². The van der Waals surface area contributed by atoms with Crippen molar-refractivity contribution in [3.05, 3.63) is 23.2 Å². The third-order valence-electron chi connectivity index (χ3n) is 3.32. The summed E-state index contributed by atoms with van der Waals surface area (Å²) in [4.78, 5) is 0.259. The van der Waals surface area contributed by atoms with E-state index in [0.717, 1.165) is 25.7 Å². The maximum absolute atomic E-state index is 12.6. The fourth-order valence-corrected chi connectivity index (χ4v) is 3.93. The summed E-state index contributed by atoms with van der Waals surface area (Å²) in [6.45, 7) is 3.70. The molecule has 1 fully saturated rings. The second-order valence-corrected chi connectivity index (χ2v) is 7.25. The van der Waals surface area contributed by atoms with E-state index in [9.17, 15) is 8.42 Å². The second-order valence-electron chi connectivity index (χ2n) is 4.91. The number of hydrogen-bond acceptors (Lipinski definition) is 3. The van der Waals surface area contributed by atoms with Crippen LogP contribution in [0.4, 0.5) is 0 Å². The number of halogens is 1. The number of sulfonamides is 1. The zero-order chi connectivity index (χ0) is 14.6. The number of piperidine rings is 1. The first-order chi connectivity index (χ1) is 9.55. The molecule has 1 heterocycles. The Morgan fingerprint density at radius 3 is 2.60 bits per heavy atom. The van der Waals surface area contributed by atoms with Crippen LogP contribution in [0.25, 0.3) is 0 Å². The number of rotatable bonds is 5. The third kappa shape index (κ3) is 3.45. The zero-order valence-corrected chi connectivity index (χ0v) is 13.2. The molecule has 1 aliphatic rings. The van der Waals surface area contributed by atoms with E-state index in [4.69, 9.17) is 16.3 Å². The summed E-state index contributed by atoms with van der Waals surface area (Å²) in [6.07, 6.45) is 3.79. The largest absolute Gasteiger partial charge is 0.492 e. The summed E-state index contributed by atoms with van der Waals surface area (Å²) in [6, 6.07) is 4.66. The zero-order valence-electron chi connectivity index (χ0n) is 11.6. The molecule has 0 radical (unpaired) electrons. The SMILES string of the molecule is CCCOc1cc(S(=O)(=O)N2CCCCC2)ccc1Cl. The molecule has 0 N–H and O–H groups in total. The van der Waals surface area contributed by atoms with Crippen LogP contribution in [0, 0.1) is 0 Å². The Kier molecular flexibility index (Phi) is 5.29. The Balaban J connectivity index is 2.26. The van der Waals surface area contributed by atoms with Gasteiger partial charge in [-0.25, -0.2) is 8.42 Å². The van der Waals surface area contributed by atoms with Gasteiger partial charge in [0.2, 0.25) is 10.0 Å². The highest BCUT2D eigenvalue weighted by atomic mass is 35.5. The Hall–Kier alpha value is -0.780. The molecule has 2 rings (SSSR count). The minimum Gasteiger partial charge on any atom is -0.492 e. The smallest absolute Gasteiger partial charge is 0.243 e. The lowest BCUT2D eigenvalue weighted by Gasteiger charge is -2.26. The molecule has 1 aromatic rings. The van der Waals surface area contributed by atoms with Crippen molar-refractivity contribution in [2.24, 2.45) is 0 Å². The molecule has 20 heavy (non-hydrogen) atoms. The van der Waals surface area contributed by atoms with Crippen LogP contribution in [-0.4, -0.2) is 32.4 Å². The van der Waals surface area contributed by atoms with Gasteiger partial charge in [-0.15, -0.1) is 0 Å². The molecule has 0 unspecified atom stereocenters. The van der Waals surface area contributed by atoms with E-state index in [-0.39, 0.29) is 4.90 Å². The molecule has 1 saturated heterocycles. The summed E-state index contributed by atoms with van der Waals surface area (Å²) in [5.41, 5.74) is 0. The molecule has 6 heteroatoms. The predicted octanol–water partition coefficient (Wildman–Crippen LogP) is 3.30. The van der Waals surface area contributed by atoms with E-state index >= 15 is 0 Å². The molecule has 4 nitrogen and oxygen atoms in total. The van der Waals surface area contributed by atoms with Gasteiger partial charge in [0.15, 0.2) is 0 Å². The lowest BCUT2D eigenvalue weighted by atomic mass is 10.2. The Morgan fingerprint density at radius 2 is 1.95 bits per heavy atom. The third-order valence-corrected chi connectivity index (χ3v) is 5.52. The minimum atomic E-state index is -3.43. The summed E-state index contributed by atoms with van der Waals surface area (Å²) in [7, 11) is -3.43. The van der Waals surface area contributed by atoms with Crippen molar-refractivity contribution in [2.75, 3.05) is 19.7 Å². The topological polar surface area (TPSA) is 46.6 Å². The molecular weight excluding hydrogens is 298 g/mol. The van der Waals surface area contributed by atoms with Crippen LogP contribution in [0.5, 0.6) is 5.75 Å². The number of hydrogen-bond donors (Lipinski definition) is 0. The van der Waals surface area contributed by atoms with Crippen molar-refractivity contribution >= 4 is 21.6 Å². The van der Waals surface area contributed by atoms with E-state index in [0.29, 0.717) is 30.5 Å². The van der Waals surface area contributed by atoms with Gasteiger partial charge >= 0.3 is 0 Å². The molecule has 0 aliphatic carbocycles. The van der Waals surface area contributed by atoms with Crippen LogP contribution in [0.1, 0.15) is 32.6 Å². The maximum atomic E-state index is 12.6. The second kappa shape index (κ2) is 6.78. The van der Waals surface area contributed by atoms with Gasteiger partial charge < -0.3 is 4.74 Å². The first-order valence-corrected chi connectivity index (χ1v) is 8.80. The van der Waals surface area contributed by atoms with Crippen LogP contribution < -0.4 is 4.74 Å². The average Bonchev–Trinajstić information content (AvgIpc) is 2.47. The monoisotopic (exact) mass is 317 g/mol. The van der Waals surface area contributed by atoms with Crippen molar-refractivity contribution in [1.82, 2.24) is 4.31 Å². The van der Waals surface area contributed by atoms with E-state index in [1.165, 1.54) is 6.07 Å². The van der Waals surface area contributed by atoms with Crippen molar-refractivity contribution in [3.63, 3.8) is 0 Å². The van der Waals surface area contributed by atoms with Crippen LogP contribution >= 0.6 is 11.6 Å².